The Kier molecular flexibility index (Phi) is 8.63. The van der Waals surface area contributed by atoms with Gasteiger partial charge in [0, 0.05) is 10.5 Å². The Balaban J connectivity index is 1.88. The summed E-state index contributed by atoms with van der Waals surface area (Å²) in [5.41, 5.74) is 4.54. The van der Waals surface area contributed by atoms with Gasteiger partial charge < -0.3 is 5.41 Å². The molecule has 2 aromatic rings. The number of nitriles is 2. The fourth-order valence-electron chi connectivity index (χ4n) is 4.20. The summed E-state index contributed by atoms with van der Waals surface area (Å²) in [4.78, 5) is 13.9. The normalized spacial score (nSPS) is 16.3. The molecule has 172 valence electrons. The van der Waals surface area contributed by atoms with Crippen molar-refractivity contribution in [3.8, 4) is 23.3 Å². The molecule has 0 spiro atoms. The average Bonchev–Trinajstić information content (AvgIpc) is 2.95. The van der Waals surface area contributed by atoms with Crippen molar-refractivity contribution in [3.63, 3.8) is 0 Å². The molecule has 0 aliphatic heterocycles. The van der Waals surface area contributed by atoms with Crippen LogP contribution in [0, 0.1) is 39.9 Å². The molecule has 1 unspecified atom stereocenters. The van der Waals surface area contributed by atoms with Crippen LogP contribution in [-0.4, -0.2) is 17.2 Å². The number of ketones is 1. The van der Waals surface area contributed by atoms with E-state index in [0.29, 0.717) is 35.1 Å². The number of Topliss-reactive ketones (excluding diaryl/α,β-unsaturated/α-hetero) is 1. The molecule has 1 N–H and O–H groups in total. The van der Waals surface area contributed by atoms with Crippen LogP contribution >= 0.6 is 11.8 Å². The Hall–Kier alpha value is -3.41. The topological polar surface area (TPSA) is 88.5 Å². The highest BCUT2D eigenvalue weighted by molar-refractivity contribution is 8.03. The Bertz CT molecular complexity index is 1210. The summed E-state index contributed by atoms with van der Waals surface area (Å²) in [6, 6.07) is 22.1. The number of thioether (sulfide) groups is 1. The van der Waals surface area contributed by atoms with Crippen molar-refractivity contribution in [2.45, 2.75) is 40.0 Å². The maximum absolute atomic E-state index is 13.0. The quantitative estimate of drug-likeness (QED) is 0.411. The summed E-state index contributed by atoms with van der Waals surface area (Å²) < 4.78 is 0. The fraction of sp³-hybridized carbons (Fsp3) is 0.310. The van der Waals surface area contributed by atoms with E-state index in [1.54, 1.807) is 0 Å². The fourth-order valence-corrected chi connectivity index (χ4v) is 5.45. The number of benzene rings is 2. The SMILES string of the molecule is CCC1CC(=N)C(C#N)=C(CC(C)C)C(C#N)=C1SCC(=O)c1ccc(-c2ccccc2)cc1. The van der Waals surface area contributed by atoms with Crippen LogP contribution < -0.4 is 0 Å². The summed E-state index contributed by atoms with van der Waals surface area (Å²) >= 11 is 1.39. The van der Waals surface area contributed by atoms with Crippen LogP contribution in [0.4, 0.5) is 0 Å². The first-order chi connectivity index (χ1) is 16.4. The van der Waals surface area contributed by atoms with Gasteiger partial charge in [0.2, 0.25) is 0 Å². The van der Waals surface area contributed by atoms with Crippen LogP contribution in [0.15, 0.2) is 76.2 Å². The van der Waals surface area contributed by atoms with Gasteiger partial charge in [-0.2, -0.15) is 10.5 Å². The zero-order valence-corrected chi connectivity index (χ0v) is 20.7. The second-order valence-electron chi connectivity index (χ2n) is 8.86. The van der Waals surface area contributed by atoms with Gasteiger partial charge in [0.1, 0.15) is 12.1 Å². The number of carbonyl (C=O) groups excluding carboxylic acids is 1. The van der Waals surface area contributed by atoms with Gasteiger partial charge in [-0.25, -0.2) is 0 Å². The van der Waals surface area contributed by atoms with E-state index >= 15 is 0 Å². The van der Waals surface area contributed by atoms with Crippen molar-refractivity contribution in [2.24, 2.45) is 11.8 Å². The third kappa shape index (κ3) is 5.74. The van der Waals surface area contributed by atoms with E-state index in [4.69, 9.17) is 5.41 Å². The van der Waals surface area contributed by atoms with Gasteiger partial charge in [-0.1, -0.05) is 75.4 Å². The number of rotatable bonds is 8. The van der Waals surface area contributed by atoms with Crippen LogP contribution in [0.1, 0.15) is 50.4 Å². The van der Waals surface area contributed by atoms with Gasteiger partial charge in [-0.3, -0.25) is 4.79 Å². The molecule has 3 rings (SSSR count). The predicted octanol–water partition coefficient (Wildman–Crippen LogP) is 7.36. The van der Waals surface area contributed by atoms with E-state index in [0.717, 1.165) is 22.5 Å². The van der Waals surface area contributed by atoms with Crippen molar-refractivity contribution in [1.29, 1.82) is 15.9 Å². The van der Waals surface area contributed by atoms with Crippen LogP contribution in [0.2, 0.25) is 0 Å². The third-order valence-corrected chi connectivity index (χ3v) is 7.23. The predicted molar refractivity (Wildman–Crippen MR) is 140 cm³/mol. The van der Waals surface area contributed by atoms with Gasteiger partial charge in [0.15, 0.2) is 5.78 Å². The lowest BCUT2D eigenvalue weighted by Gasteiger charge is -2.18. The summed E-state index contributed by atoms with van der Waals surface area (Å²) in [5.74, 6) is 0.405. The maximum Gasteiger partial charge on any atom is 0.173 e. The van der Waals surface area contributed by atoms with E-state index in [-0.39, 0.29) is 29.1 Å². The van der Waals surface area contributed by atoms with Gasteiger partial charge in [-0.15, -0.1) is 11.8 Å². The largest absolute Gasteiger partial charge is 0.304 e. The number of nitrogens with zero attached hydrogens (tertiary/aromatic N) is 2. The Morgan fingerprint density at radius 2 is 1.65 bits per heavy atom. The zero-order chi connectivity index (χ0) is 24.7. The Labute approximate surface area is 206 Å². The second kappa shape index (κ2) is 11.6. The number of hydrogen-bond donors (Lipinski definition) is 1. The molecular formula is C29H29N3OS. The zero-order valence-electron chi connectivity index (χ0n) is 19.9. The number of hydrogen-bond acceptors (Lipinski definition) is 5. The third-order valence-electron chi connectivity index (χ3n) is 5.97. The molecule has 1 aliphatic carbocycles. The average molecular weight is 468 g/mol. The van der Waals surface area contributed by atoms with Crippen molar-refractivity contribution in [2.75, 3.05) is 5.75 Å². The van der Waals surface area contributed by atoms with Crippen molar-refractivity contribution in [1.82, 2.24) is 0 Å². The molecular weight excluding hydrogens is 438 g/mol. The highest BCUT2D eigenvalue weighted by atomic mass is 32.2. The van der Waals surface area contributed by atoms with Gasteiger partial charge in [-0.05, 0) is 47.8 Å². The smallest absolute Gasteiger partial charge is 0.173 e. The molecule has 4 nitrogen and oxygen atoms in total. The molecule has 5 heteroatoms. The molecule has 2 aromatic carbocycles. The summed E-state index contributed by atoms with van der Waals surface area (Å²) in [7, 11) is 0. The first kappa shape index (κ1) is 25.2. The monoisotopic (exact) mass is 467 g/mol. The molecule has 1 aliphatic rings. The van der Waals surface area contributed by atoms with Crippen molar-refractivity contribution in [3.05, 3.63) is 81.8 Å². The van der Waals surface area contributed by atoms with E-state index < -0.39 is 0 Å². The van der Waals surface area contributed by atoms with Crippen LogP contribution in [-0.2, 0) is 0 Å². The summed E-state index contributed by atoms with van der Waals surface area (Å²) in [5, 5.41) is 28.3. The molecule has 0 aromatic heterocycles. The van der Waals surface area contributed by atoms with Crippen molar-refractivity contribution < 1.29 is 4.79 Å². The van der Waals surface area contributed by atoms with Crippen LogP contribution in [0.25, 0.3) is 11.1 Å². The molecule has 34 heavy (non-hydrogen) atoms. The lowest BCUT2D eigenvalue weighted by atomic mass is 9.92. The highest BCUT2D eigenvalue weighted by Gasteiger charge is 2.30. The molecule has 0 amide bonds. The number of nitrogens with one attached hydrogen (secondary N) is 1. The molecule has 0 radical (unpaired) electrons. The maximum atomic E-state index is 13.0. The standard InChI is InChI=1S/C29H29N3OS/c1-4-20-15-27(32)25(16-30)24(14-19(2)3)26(17-31)29(20)34-18-28(33)23-12-10-22(11-13-23)21-8-6-5-7-9-21/h5-13,19-20,32H,4,14-15,18H2,1-3H3. The lowest BCUT2D eigenvalue weighted by molar-refractivity contribution is 0.102. The van der Waals surface area contributed by atoms with Crippen molar-refractivity contribution >= 4 is 23.3 Å². The van der Waals surface area contributed by atoms with E-state index in [1.165, 1.54) is 11.8 Å². The van der Waals surface area contributed by atoms with Gasteiger partial charge >= 0.3 is 0 Å². The van der Waals surface area contributed by atoms with E-state index in [2.05, 4.69) is 12.1 Å². The number of carbonyl (C=O) groups is 1. The summed E-state index contributed by atoms with van der Waals surface area (Å²) in [6.07, 6.45) is 1.71. The number of allylic oxidation sites excluding steroid dienone is 4. The molecule has 0 heterocycles. The van der Waals surface area contributed by atoms with E-state index in [1.807, 2.05) is 75.4 Å². The molecule has 0 bridgehead atoms. The van der Waals surface area contributed by atoms with Crippen LogP contribution in [0.5, 0.6) is 0 Å². The molecule has 0 fully saturated rings. The minimum atomic E-state index is -0.0478. The molecule has 0 saturated heterocycles. The molecule has 1 atom stereocenters. The summed E-state index contributed by atoms with van der Waals surface area (Å²) in [6.45, 7) is 6.10. The van der Waals surface area contributed by atoms with Crippen LogP contribution in [0.3, 0.4) is 0 Å². The Morgan fingerprint density at radius 1 is 1.03 bits per heavy atom. The van der Waals surface area contributed by atoms with E-state index in [9.17, 15) is 15.3 Å². The lowest BCUT2D eigenvalue weighted by Crippen LogP contribution is -2.10. The second-order valence-corrected chi connectivity index (χ2v) is 9.87. The van der Waals surface area contributed by atoms with Gasteiger partial charge in [0.25, 0.3) is 0 Å². The van der Waals surface area contributed by atoms with Gasteiger partial charge in [0.05, 0.1) is 22.6 Å². The Morgan fingerprint density at radius 3 is 2.21 bits per heavy atom. The highest BCUT2D eigenvalue weighted by Crippen LogP contribution is 2.41. The minimum absolute atomic E-state index is 0.00141. The first-order valence-electron chi connectivity index (χ1n) is 11.6. The minimum Gasteiger partial charge on any atom is -0.304 e. The molecule has 0 saturated carbocycles. The first-order valence-corrected chi connectivity index (χ1v) is 12.5.